The van der Waals surface area contributed by atoms with E-state index in [0.29, 0.717) is 31.3 Å². The summed E-state index contributed by atoms with van der Waals surface area (Å²) < 4.78 is 30.4. The van der Waals surface area contributed by atoms with Gasteiger partial charge in [-0.05, 0) is 19.1 Å². The molecule has 7 nitrogen and oxygen atoms in total. The van der Waals surface area contributed by atoms with E-state index in [9.17, 15) is 13.2 Å². The van der Waals surface area contributed by atoms with E-state index in [4.69, 9.17) is 4.74 Å². The van der Waals surface area contributed by atoms with Gasteiger partial charge in [0.15, 0.2) is 0 Å². The van der Waals surface area contributed by atoms with Gasteiger partial charge in [0.1, 0.15) is 4.90 Å². The number of nitrogens with zero attached hydrogens (tertiary/aromatic N) is 3. The highest BCUT2D eigenvalue weighted by Crippen LogP contribution is 2.24. The minimum atomic E-state index is -3.48. The summed E-state index contributed by atoms with van der Waals surface area (Å²) in [6.45, 7) is 4.18. The van der Waals surface area contributed by atoms with Gasteiger partial charge in [-0.1, -0.05) is 11.8 Å². The van der Waals surface area contributed by atoms with Crippen molar-refractivity contribution in [3.8, 4) is 0 Å². The van der Waals surface area contributed by atoms with Crippen LogP contribution in [0.2, 0.25) is 0 Å². The van der Waals surface area contributed by atoms with E-state index in [2.05, 4.69) is 4.98 Å². The molecule has 23 heavy (non-hydrogen) atoms. The largest absolute Gasteiger partial charge is 0.378 e. The lowest BCUT2D eigenvalue weighted by molar-refractivity contribution is -0.134. The molecule has 0 aromatic carbocycles. The fourth-order valence-corrected chi connectivity index (χ4v) is 3.79. The summed E-state index contributed by atoms with van der Waals surface area (Å²) in [6, 6.07) is 3.14. The Morgan fingerprint density at radius 1 is 1.35 bits per heavy atom. The smallest absolute Gasteiger partial charge is 0.244 e. The molecule has 9 heteroatoms. The van der Waals surface area contributed by atoms with Crippen LogP contribution in [0.3, 0.4) is 0 Å². The van der Waals surface area contributed by atoms with Crippen LogP contribution >= 0.6 is 11.8 Å². The number of hydrogen-bond donors (Lipinski definition) is 0. The van der Waals surface area contributed by atoms with Gasteiger partial charge in [0, 0.05) is 33.4 Å². The topological polar surface area (TPSA) is 79.8 Å². The van der Waals surface area contributed by atoms with Crippen molar-refractivity contribution < 1.29 is 17.9 Å². The van der Waals surface area contributed by atoms with Crippen LogP contribution in [0.1, 0.15) is 6.92 Å². The first-order chi connectivity index (χ1) is 10.8. The van der Waals surface area contributed by atoms with Crippen LogP contribution in [0, 0.1) is 0 Å². The van der Waals surface area contributed by atoms with Gasteiger partial charge in [-0.3, -0.25) is 4.79 Å². The van der Waals surface area contributed by atoms with Crippen molar-refractivity contribution in [2.75, 3.05) is 40.4 Å². The third-order valence-electron chi connectivity index (χ3n) is 3.46. The van der Waals surface area contributed by atoms with Gasteiger partial charge in [-0.25, -0.2) is 17.7 Å². The van der Waals surface area contributed by atoms with Gasteiger partial charge in [0.25, 0.3) is 0 Å². The molecule has 1 amide bonds. The molecular weight excluding hydrogens is 338 g/mol. The Morgan fingerprint density at radius 3 is 2.52 bits per heavy atom. The SMILES string of the molecule is CC(Sc1ccc(S(=O)(=O)N(C)C)cn1)C(=O)N1CCOCC1. The normalized spacial score (nSPS) is 17.3. The van der Waals surface area contributed by atoms with Crippen LogP contribution in [0.5, 0.6) is 0 Å². The average Bonchev–Trinajstić information content (AvgIpc) is 2.55. The summed E-state index contributed by atoms with van der Waals surface area (Å²) in [6.07, 6.45) is 1.32. The van der Waals surface area contributed by atoms with Crippen molar-refractivity contribution in [2.24, 2.45) is 0 Å². The van der Waals surface area contributed by atoms with E-state index in [1.165, 1.54) is 38.1 Å². The van der Waals surface area contributed by atoms with Crippen LogP contribution in [0.4, 0.5) is 0 Å². The molecule has 1 aromatic heterocycles. The first-order valence-electron chi connectivity index (χ1n) is 7.24. The molecule has 0 saturated carbocycles. The predicted octanol–water partition coefficient (Wildman–Crippen LogP) is 0.671. The second-order valence-corrected chi connectivity index (χ2v) is 8.83. The summed E-state index contributed by atoms with van der Waals surface area (Å²) >= 11 is 1.32. The Kier molecular flexibility index (Phi) is 6.01. The first kappa shape index (κ1) is 18.2. The maximum atomic E-state index is 12.3. The number of amides is 1. The quantitative estimate of drug-likeness (QED) is 0.719. The third kappa shape index (κ3) is 4.43. The molecule has 1 fully saturated rings. The molecule has 1 aliphatic heterocycles. The second kappa shape index (κ2) is 7.61. The molecule has 1 aliphatic rings. The Labute approximate surface area is 141 Å². The number of morpholine rings is 1. The standard InChI is InChI=1S/C14H21N3O4S2/c1-11(14(18)17-6-8-21-9-7-17)22-13-5-4-12(10-15-13)23(19,20)16(2)3/h4-5,10-11H,6-9H2,1-3H3. The second-order valence-electron chi connectivity index (χ2n) is 5.32. The molecule has 0 aliphatic carbocycles. The van der Waals surface area contributed by atoms with E-state index in [1.807, 2.05) is 6.92 Å². The van der Waals surface area contributed by atoms with Crippen molar-refractivity contribution >= 4 is 27.7 Å². The number of hydrogen-bond acceptors (Lipinski definition) is 6. The zero-order chi connectivity index (χ0) is 17.0. The monoisotopic (exact) mass is 359 g/mol. The number of pyridine rings is 1. The van der Waals surface area contributed by atoms with Crippen LogP contribution in [-0.2, 0) is 19.6 Å². The van der Waals surface area contributed by atoms with Crippen LogP contribution in [0.15, 0.2) is 28.3 Å². The molecule has 128 valence electrons. The first-order valence-corrected chi connectivity index (χ1v) is 9.56. The number of thioether (sulfide) groups is 1. The van der Waals surface area contributed by atoms with Crippen molar-refractivity contribution in [3.05, 3.63) is 18.3 Å². The summed E-state index contributed by atoms with van der Waals surface area (Å²) in [7, 11) is -0.537. The van der Waals surface area contributed by atoms with E-state index in [-0.39, 0.29) is 16.1 Å². The van der Waals surface area contributed by atoms with Gasteiger partial charge >= 0.3 is 0 Å². The molecule has 1 atom stereocenters. The zero-order valence-corrected chi connectivity index (χ0v) is 15.1. The lowest BCUT2D eigenvalue weighted by atomic mass is 10.3. The number of aromatic nitrogens is 1. The zero-order valence-electron chi connectivity index (χ0n) is 13.4. The molecule has 2 rings (SSSR count). The third-order valence-corrected chi connectivity index (χ3v) is 6.29. The fourth-order valence-electron chi connectivity index (χ4n) is 2.07. The minimum absolute atomic E-state index is 0.0464. The molecule has 0 bridgehead atoms. The number of rotatable bonds is 5. The van der Waals surface area contributed by atoms with E-state index in [1.54, 1.807) is 11.0 Å². The van der Waals surface area contributed by atoms with Gasteiger partial charge in [-0.2, -0.15) is 0 Å². The summed E-state index contributed by atoms with van der Waals surface area (Å²) in [5.74, 6) is 0.0464. The molecular formula is C14H21N3O4S2. The van der Waals surface area contributed by atoms with Gasteiger partial charge in [0.2, 0.25) is 15.9 Å². The Morgan fingerprint density at radius 2 is 2.00 bits per heavy atom. The van der Waals surface area contributed by atoms with Gasteiger partial charge < -0.3 is 9.64 Å². The molecule has 1 unspecified atom stereocenters. The summed E-state index contributed by atoms with van der Waals surface area (Å²) in [4.78, 5) is 18.4. The number of sulfonamides is 1. The van der Waals surface area contributed by atoms with Crippen molar-refractivity contribution in [1.82, 2.24) is 14.2 Å². The maximum Gasteiger partial charge on any atom is 0.244 e. The number of ether oxygens (including phenoxy) is 1. The summed E-state index contributed by atoms with van der Waals surface area (Å²) in [5.41, 5.74) is 0. The average molecular weight is 359 g/mol. The van der Waals surface area contributed by atoms with E-state index in [0.717, 1.165) is 4.31 Å². The molecule has 0 spiro atoms. The van der Waals surface area contributed by atoms with Crippen LogP contribution in [0.25, 0.3) is 0 Å². The minimum Gasteiger partial charge on any atom is -0.378 e. The lowest BCUT2D eigenvalue weighted by Crippen LogP contribution is -2.44. The Balaban J connectivity index is 2.01. The molecule has 2 heterocycles. The Hall–Kier alpha value is -1.16. The Bertz CT molecular complexity index is 640. The molecule has 0 radical (unpaired) electrons. The van der Waals surface area contributed by atoms with Crippen molar-refractivity contribution in [2.45, 2.75) is 22.1 Å². The van der Waals surface area contributed by atoms with E-state index >= 15 is 0 Å². The van der Waals surface area contributed by atoms with Gasteiger partial charge in [-0.15, -0.1) is 0 Å². The lowest BCUT2D eigenvalue weighted by Gasteiger charge is -2.28. The number of carbonyl (C=O) groups excluding carboxylic acids is 1. The highest BCUT2D eigenvalue weighted by molar-refractivity contribution is 8.00. The molecule has 0 N–H and O–H groups in total. The van der Waals surface area contributed by atoms with Crippen molar-refractivity contribution in [3.63, 3.8) is 0 Å². The summed E-state index contributed by atoms with van der Waals surface area (Å²) in [5, 5.41) is 0.341. The van der Waals surface area contributed by atoms with Crippen molar-refractivity contribution in [1.29, 1.82) is 0 Å². The molecule has 1 aromatic rings. The maximum absolute atomic E-state index is 12.3. The highest BCUT2D eigenvalue weighted by atomic mass is 32.2. The highest BCUT2D eigenvalue weighted by Gasteiger charge is 2.24. The number of carbonyl (C=O) groups is 1. The predicted molar refractivity (Wildman–Crippen MR) is 87.8 cm³/mol. The van der Waals surface area contributed by atoms with Crippen LogP contribution in [-0.4, -0.2) is 74.2 Å². The van der Waals surface area contributed by atoms with Crippen LogP contribution < -0.4 is 0 Å². The molecule has 1 saturated heterocycles. The van der Waals surface area contributed by atoms with E-state index < -0.39 is 10.0 Å². The fraction of sp³-hybridized carbons (Fsp3) is 0.571. The van der Waals surface area contributed by atoms with Gasteiger partial charge in [0.05, 0.1) is 23.5 Å².